The van der Waals surface area contributed by atoms with Crippen LogP contribution >= 0.6 is 0 Å². The summed E-state index contributed by atoms with van der Waals surface area (Å²) in [5.41, 5.74) is 2.16. The molecule has 1 aliphatic carbocycles. The summed E-state index contributed by atoms with van der Waals surface area (Å²) < 4.78 is 0. The Morgan fingerprint density at radius 1 is 1.56 bits per heavy atom. The smallest absolute Gasteiger partial charge is 0.0169 e. The molecule has 0 nitrogen and oxygen atoms in total. The summed E-state index contributed by atoms with van der Waals surface area (Å²) in [6, 6.07) is 0. The van der Waals surface area contributed by atoms with Crippen LogP contribution in [0.15, 0.2) is 11.6 Å². The maximum atomic E-state index is 2.44. The minimum Gasteiger partial charge on any atom is -0.0797 e. The normalized spacial score (nSPS) is 24.1. The van der Waals surface area contributed by atoms with Crippen LogP contribution in [0.4, 0.5) is 0 Å². The van der Waals surface area contributed by atoms with Gasteiger partial charge in [0.05, 0.1) is 0 Å². The van der Waals surface area contributed by atoms with Crippen molar-refractivity contribution in [2.45, 2.75) is 40.0 Å². The largest absolute Gasteiger partial charge is 0.0797 e. The predicted octanol–water partition coefficient (Wildman–Crippen LogP) is 3.14. The van der Waals surface area contributed by atoms with Crippen LogP contribution in [0.25, 0.3) is 0 Å². The summed E-state index contributed by atoms with van der Waals surface area (Å²) >= 11 is 0. The van der Waals surface area contributed by atoms with E-state index in [0.29, 0.717) is 5.41 Å². The van der Waals surface area contributed by atoms with Crippen molar-refractivity contribution in [3.8, 4) is 0 Å². The summed E-state index contributed by atoms with van der Waals surface area (Å²) in [4.78, 5) is 0. The van der Waals surface area contributed by atoms with Crippen molar-refractivity contribution in [1.29, 1.82) is 0 Å². The Balaban J connectivity index is 2.61. The van der Waals surface area contributed by atoms with Gasteiger partial charge in [0.15, 0.2) is 0 Å². The van der Waals surface area contributed by atoms with Gasteiger partial charge in [0.1, 0.15) is 0 Å². The lowest BCUT2D eigenvalue weighted by Gasteiger charge is -2.11. The van der Waals surface area contributed by atoms with E-state index in [1.165, 1.54) is 19.3 Å². The molecule has 52 valence electrons. The Bertz CT molecular complexity index is 129. The van der Waals surface area contributed by atoms with Gasteiger partial charge in [0.25, 0.3) is 0 Å². The van der Waals surface area contributed by atoms with Crippen molar-refractivity contribution < 1.29 is 0 Å². The molecule has 9 heavy (non-hydrogen) atoms. The molecule has 0 atom stereocenters. The second kappa shape index (κ2) is 2.17. The van der Waals surface area contributed by atoms with Crippen molar-refractivity contribution in [2.75, 3.05) is 0 Å². The quantitative estimate of drug-likeness (QED) is 0.471. The average Bonchev–Trinajstić information content (AvgIpc) is 2.10. The minimum absolute atomic E-state index is 0.505. The lowest BCUT2D eigenvalue weighted by molar-refractivity contribution is 0.470. The third-order valence-corrected chi connectivity index (χ3v) is 2.14. The molecule has 0 spiro atoms. The van der Waals surface area contributed by atoms with Gasteiger partial charge in [-0.05, 0) is 24.7 Å². The molecule has 0 unspecified atom stereocenters. The van der Waals surface area contributed by atoms with Crippen LogP contribution in [0, 0.1) is 5.41 Å². The van der Waals surface area contributed by atoms with Crippen LogP contribution in [0.1, 0.15) is 40.0 Å². The first-order valence-corrected chi connectivity index (χ1v) is 3.85. The number of hydrogen-bond acceptors (Lipinski definition) is 0. The van der Waals surface area contributed by atoms with Crippen LogP contribution in [0.5, 0.6) is 0 Å². The number of rotatable bonds is 1. The molecule has 0 saturated carbocycles. The van der Waals surface area contributed by atoms with Crippen molar-refractivity contribution >= 4 is 0 Å². The van der Waals surface area contributed by atoms with Crippen molar-refractivity contribution in [1.82, 2.24) is 0 Å². The second-order valence-electron chi connectivity index (χ2n) is 3.64. The molecule has 1 rings (SSSR count). The highest BCUT2D eigenvalue weighted by molar-refractivity contribution is 5.14. The summed E-state index contributed by atoms with van der Waals surface area (Å²) in [5.74, 6) is 0. The first-order chi connectivity index (χ1) is 4.14. The van der Waals surface area contributed by atoms with Crippen LogP contribution < -0.4 is 0 Å². The average molecular weight is 124 g/mol. The van der Waals surface area contributed by atoms with Gasteiger partial charge in [-0.2, -0.15) is 0 Å². The molecule has 0 amide bonds. The van der Waals surface area contributed by atoms with Gasteiger partial charge in [0.2, 0.25) is 0 Å². The topological polar surface area (TPSA) is 0 Å². The molecule has 0 aromatic carbocycles. The highest BCUT2D eigenvalue weighted by atomic mass is 14.3. The molecule has 0 heteroatoms. The zero-order chi connectivity index (χ0) is 6.91. The highest BCUT2D eigenvalue weighted by Gasteiger charge is 2.20. The third kappa shape index (κ3) is 1.57. The molecule has 0 aliphatic heterocycles. The van der Waals surface area contributed by atoms with Gasteiger partial charge in [-0.3, -0.25) is 0 Å². The van der Waals surface area contributed by atoms with E-state index in [0.717, 1.165) is 0 Å². The molecule has 0 aromatic rings. The first-order valence-electron chi connectivity index (χ1n) is 3.85. The second-order valence-corrected chi connectivity index (χ2v) is 3.64. The molecule has 0 heterocycles. The van der Waals surface area contributed by atoms with E-state index in [1.54, 1.807) is 5.57 Å². The third-order valence-electron chi connectivity index (χ3n) is 2.14. The first kappa shape index (κ1) is 6.85. The van der Waals surface area contributed by atoms with E-state index in [-0.39, 0.29) is 0 Å². The van der Waals surface area contributed by atoms with Crippen molar-refractivity contribution in [2.24, 2.45) is 5.41 Å². The monoisotopic (exact) mass is 124 g/mol. The van der Waals surface area contributed by atoms with Gasteiger partial charge >= 0.3 is 0 Å². The Labute approximate surface area is 58.0 Å². The summed E-state index contributed by atoms with van der Waals surface area (Å²) in [5, 5.41) is 0. The van der Waals surface area contributed by atoms with Crippen LogP contribution in [0.2, 0.25) is 0 Å². The molecular weight excluding hydrogens is 108 g/mol. The maximum Gasteiger partial charge on any atom is -0.0169 e. The van der Waals surface area contributed by atoms with Crippen LogP contribution in [0.3, 0.4) is 0 Å². The van der Waals surface area contributed by atoms with Gasteiger partial charge < -0.3 is 0 Å². The van der Waals surface area contributed by atoms with E-state index < -0.39 is 0 Å². The van der Waals surface area contributed by atoms with Crippen molar-refractivity contribution in [3.63, 3.8) is 0 Å². The lowest BCUT2D eigenvalue weighted by atomic mass is 9.94. The van der Waals surface area contributed by atoms with Crippen LogP contribution in [-0.4, -0.2) is 0 Å². The number of hydrogen-bond donors (Lipinski definition) is 0. The fourth-order valence-electron chi connectivity index (χ4n) is 1.46. The summed E-state index contributed by atoms with van der Waals surface area (Å²) in [6.45, 7) is 6.87. The van der Waals surface area contributed by atoms with E-state index in [1.807, 2.05) is 0 Å². The molecular formula is C9H16. The highest BCUT2D eigenvalue weighted by Crippen LogP contribution is 2.35. The van der Waals surface area contributed by atoms with E-state index >= 15 is 0 Å². The minimum atomic E-state index is 0.505. The fraction of sp³-hybridized carbons (Fsp3) is 0.778. The Kier molecular flexibility index (Phi) is 1.65. The van der Waals surface area contributed by atoms with E-state index in [2.05, 4.69) is 26.8 Å². The lowest BCUT2D eigenvalue weighted by Crippen LogP contribution is -2.00. The SMILES string of the molecule is CCC1=CC(C)(C)CC1. The van der Waals surface area contributed by atoms with Gasteiger partial charge in [-0.15, -0.1) is 0 Å². The standard InChI is InChI=1S/C9H16/c1-4-8-5-6-9(2,3)7-8/h7H,4-6H2,1-3H3. The molecule has 0 aromatic heterocycles. The molecule has 0 bridgehead atoms. The fourth-order valence-corrected chi connectivity index (χ4v) is 1.46. The predicted molar refractivity (Wildman–Crippen MR) is 41.4 cm³/mol. The van der Waals surface area contributed by atoms with Gasteiger partial charge in [-0.25, -0.2) is 0 Å². The maximum absolute atomic E-state index is 2.44. The Morgan fingerprint density at radius 3 is 2.44 bits per heavy atom. The zero-order valence-corrected chi connectivity index (χ0v) is 6.70. The summed E-state index contributed by atoms with van der Waals surface area (Å²) in [7, 11) is 0. The molecule has 0 radical (unpaired) electrons. The van der Waals surface area contributed by atoms with Gasteiger partial charge in [0, 0.05) is 0 Å². The molecule has 0 N–H and O–H groups in total. The molecule has 0 saturated heterocycles. The van der Waals surface area contributed by atoms with Crippen molar-refractivity contribution in [3.05, 3.63) is 11.6 Å². The Hall–Kier alpha value is -0.260. The van der Waals surface area contributed by atoms with E-state index in [9.17, 15) is 0 Å². The Morgan fingerprint density at radius 2 is 2.22 bits per heavy atom. The van der Waals surface area contributed by atoms with Gasteiger partial charge in [-0.1, -0.05) is 32.4 Å². The van der Waals surface area contributed by atoms with Crippen LogP contribution in [-0.2, 0) is 0 Å². The summed E-state index contributed by atoms with van der Waals surface area (Å²) in [6.07, 6.45) is 6.39. The van der Waals surface area contributed by atoms with E-state index in [4.69, 9.17) is 0 Å². The molecule has 1 aliphatic rings. The number of allylic oxidation sites excluding steroid dienone is 2. The zero-order valence-electron chi connectivity index (χ0n) is 6.70. The molecule has 0 fully saturated rings.